The van der Waals surface area contributed by atoms with Gasteiger partial charge in [-0.2, -0.15) is 0 Å². The maximum Gasteiger partial charge on any atom is 0.416 e. The van der Waals surface area contributed by atoms with E-state index in [4.69, 9.17) is 18.9 Å². The van der Waals surface area contributed by atoms with Crippen LogP contribution in [0.2, 0.25) is 0 Å². The molecule has 406 valence electrons. The van der Waals surface area contributed by atoms with Gasteiger partial charge in [0.2, 0.25) is 17.7 Å². The summed E-state index contributed by atoms with van der Waals surface area (Å²) in [5.74, 6) is -0.196. The molecule has 5 amide bonds. The van der Waals surface area contributed by atoms with Crippen molar-refractivity contribution in [2.24, 2.45) is 17.3 Å². The van der Waals surface area contributed by atoms with E-state index >= 15 is 0 Å². The molecule has 3 aliphatic heterocycles. The van der Waals surface area contributed by atoms with Crippen LogP contribution in [0.25, 0.3) is 0 Å². The van der Waals surface area contributed by atoms with Gasteiger partial charge in [0.05, 0.1) is 42.5 Å². The predicted molar refractivity (Wildman–Crippen MR) is 287 cm³/mol. The van der Waals surface area contributed by atoms with Crippen molar-refractivity contribution in [3.05, 3.63) is 59.7 Å². The quantitative estimate of drug-likeness (QED) is 0.0439. The monoisotopic (exact) mass is 1030 g/mol. The van der Waals surface area contributed by atoms with Crippen LogP contribution in [0.15, 0.2) is 48.6 Å². The number of hydrogen-bond donors (Lipinski definition) is 3. The largest absolute Gasteiger partial charge is 0.493 e. The van der Waals surface area contributed by atoms with Crippen LogP contribution in [-0.4, -0.2) is 116 Å². The molecule has 0 spiro atoms. The van der Waals surface area contributed by atoms with Crippen molar-refractivity contribution >= 4 is 54.2 Å². The van der Waals surface area contributed by atoms with Crippen LogP contribution >= 0.6 is 0 Å². The molecular weight excluding hydrogens is 941 g/mol. The van der Waals surface area contributed by atoms with Crippen molar-refractivity contribution < 1.29 is 52.8 Å². The van der Waals surface area contributed by atoms with Gasteiger partial charge >= 0.3 is 13.5 Å². The van der Waals surface area contributed by atoms with Gasteiger partial charge in [0, 0.05) is 56.3 Å². The summed E-state index contributed by atoms with van der Waals surface area (Å²) in [6.07, 6.45) is 15.3. The fraction of sp³-hybridized carbons (Fsp3) is 0.649. The minimum Gasteiger partial charge on any atom is -0.493 e. The lowest BCUT2D eigenvalue weighted by Crippen LogP contribution is -2.50. The van der Waals surface area contributed by atoms with Gasteiger partial charge in [0.25, 0.3) is 5.91 Å². The number of anilines is 2. The number of rotatable bonds is 22. The lowest BCUT2D eigenvalue weighted by atomic mass is 9.69. The first-order valence-corrected chi connectivity index (χ1v) is 27.5. The number of ether oxygens (including phenoxy) is 4. The fourth-order valence-electron chi connectivity index (χ4n) is 10.6. The van der Waals surface area contributed by atoms with Gasteiger partial charge in [-0.1, -0.05) is 116 Å². The number of hydrogen-bond acceptors (Lipinski definition) is 12. The molecule has 2 aromatic rings. The Morgan fingerprint density at radius 2 is 1.53 bits per heavy atom. The van der Waals surface area contributed by atoms with Crippen molar-refractivity contribution in [1.29, 1.82) is 0 Å². The molecule has 17 heteroatoms. The van der Waals surface area contributed by atoms with Crippen molar-refractivity contribution in [2.45, 2.75) is 181 Å². The maximum absolute atomic E-state index is 13.9. The minimum atomic E-state index is -1.42. The molecule has 0 radical (unpaired) electrons. The highest BCUT2D eigenvalue weighted by atomic mass is 16.6. The molecule has 3 fully saturated rings. The molecule has 1 saturated carbocycles. The molecule has 16 nitrogen and oxygen atoms in total. The zero-order chi connectivity index (χ0) is 53.4. The zero-order valence-corrected chi connectivity index (χ0v) is 45.2. The summed E-state index contributed by atoms with van der Waals surface area (Å²) in [7, 11) is 1.56. The Balaban J connectivity index is 0.911. The number of aliphatic hydroxyl groups is 1. The normalized spacial score (nSPS) is 20.4. The van der Waals surface area contributed by atoms with Gasteiger partial charge in [0.15, 0.2) is 17.7 Å². The topological polar surface area (TPSA) is 193 Å². The van der Waals surface area contributed by atoms with E-state index < -0.39 is 29.4 Å². The first-order chi connectivity index (χ1) is 35.4. The van der Waals surface area contributed by atoms with E-state index in [1.807, 2.05) is 34.6 Å². The van der Waals surface area contributed by atoms with Gasteiger partial charge in [-0.25, -0.2) is 9.69 Å². The van der Waals surface area contributed by atoms with E-state index in [0.717, 1.165) is 49.0 Å². The molecule has 3 N–H and O–H groups in total. The van der Waals surface area contributed by atoms with E-state index in [1.165, 1.54) is 74.3 Å². The highest BCUT2D eigenvalue weighted by molar-refractivity contribution is 6.77. The molecule has 4 aliphatic rings. The average Bonchev–Trinajstić information content (AvgIpc) is 3.89. The number of likely N-dealkylation sites (tertiary alicyclic amines) is 1. The van der Waals surface area contributed by atoms with Gasteiger partial charge in [0.1, 0.15) is 12.3 Å². The molecule has 2 aromatic carbocycles. The smallest absolute Gasteiger partial charge is 0.416 e. The van der Waals surface area contributed by atoms with Crippen LogP contribution in [0.4, 0.5) is 16.2 Å². The van der Waals surface area contributed by atoms with E-state index in [9.17, 15) is 33.9 Å². The fourth-order valence-corrected chi connectivity index (χ4v) is 10.6. The van der Waals surface area contributed by atoms with Crippen LogP contribution in [0.5, 0.6) is 11.5 Å². The first-order valence-electron chi connectivity index (χ1n) is 27.5. The van der Waals surface area contributed by atoms with Gasteiger partial charge in [-0.15, -0.1) is 0 Å². The standard InChI is InChI=1S/C57H84BN5O11/c1-8-9-31-72-48-36-45-44(34-47(48)71-7)52(67)62-37-39(2)33-46(62)53(68)63(45)55(70)73-38-40-22-24-42(25-23-40)60-58-54(69)56(3,4)28-32-74-57(5,6)27-29-59-49(64)26-30-61-50(65)35-43(51(61)66)41-20-18-16-14-12-10-11-13-15-17-19-21-41/h22-25,34,36,41,43,46,53,58,60,68H,2,8-21,26-33,35,37-38H2,1,3-7H3,(H,59,64)/t43?,46-,53-/m0/s1. The average molecular weight is 1030 g/mol. The lowest BCUT2D eigenvalue weighted by Gasteiger charge is -2.31. The first kappa shape index (κ1) is 57.9. The third-order valence-electron chi connectivity index (χ3n) is 15.5. The SMILES string of the molecule is C=C1C[C@H]2[C@H](O)N(C(=O)OCc3ccc(NBC(=O)C(C)(C)CCOC(C)(C)CCNC(=O)CCN4C(=O)CC(C5CCCCCCCCCCCC5)C4=O)cc3)c3cc(OCCCC)c(OC)cc3C(=O)N2C1. The number of fused-ring (bicyclic) bond motifs is 2. The number of benzene rings is 2. The second kappa shape index (κ2) is 27.4. The number of amides is 5. The summed E-state index contributed by atoms with van der Waals surface area (Å²) in [5, 5.41) is 17.8. The lowest BCUT2D eigenvalue weighted by molar-refractivity contribution is -0.140. The van der Waals surface area contributed by atoms with E-state index in [2.05, 4.69) is 17.1 Å². The van der Waals surface area contributed by atoms with Crippen LogP contribution < -0.4 is 24.9 Å². The number of carbonyl (C=O) groups is 6. The maximum atomic E-state index is 13.9. The Morgan fingerprint density at radius 1 is 0.865 bits per heavy atom. The Labute approximate surface area is 440 Å². The summed E-state index contributed by atoms with van der Waals surface area (Å²) in [6, 6.07) is 9.51. The van der Waals surface area contributed by atoms with Crippen LogP contribution in [0.3, 0.4) is 0 Å². The zero-order valence-electron chi connectivity index (χ0n) is 45.2. The molecule has 74 heavy (non-hydrogen) atoms. The van der Waals surface area contributed by atoms with E-state index in [0.29, 0.717) is 61.8 Å². The van der Waals surface area contributed by atoms with Gasteiger partial charge in [-0.3, -0.25) is 24.1 Å². The number of aliphatic hydroxyl groups excluding tert-OH is 1. The van der Waals surface area contributed by atoms with Crippen molar-refractivity contribution in [2.75, 3.05) is 50.1 Å². The number of nitrogens with zero attached hydrogens (tertiary/aromatic N) is 3. The third kappa shape index (κ3) is 15.8. The van der Waals surface area contributed by atoms with Crippen LogP contribution in [0.1, 0.15) is 173 Å². The Hall–Kier alpha value is -5.42. The second-order valence-corrected chi connectivity index (χ2v) is 22.1. The molecule has 1 unspecified atom stereocenters. The molecule has 0 aromatic heterocycles. The molecule has 6 rings (SSSR count). The van der Waals surface area contributed by atoms with Crippen LogP contribution in [0, 0.1) is 17.3 Å². The van der Waals surface area contributed by atoms with E-state index in [-0.39, 0.29) is 92.4 Å². The molecule has 2 saturated heterocycles. The summed E-state index contributed by atoms with van der Waals surface area (Å²) in [4.78, 5) is 84.7. The summed E-state index contributed by atoms with van der Waals surface area (Å²) in [5.41, 5.74) is 1.18. The van der Waals surface area contributed by atoms with Crippen molar-refractivity contribution in [3.8, 4) is 11.5 Å². The molecule has 0 bridgehead atoms. The number of nitrogens with one attached hydrogen (secondary N) is 2. The summed E-state index contributed by atoms with van der Waals surface area (Å²) >= 11 is 0. The second-order valence-electron chi connectivity index (χ2n) is 22.1. The Kier molecular flexibility index (Phi) is 21.4. The highest BCUT2D eigenvalue weighted by Gasteiger charge is 2.47. The predicted octanol–water partition coefficient (Wildman–Crippen LogP) is 9.20. The molecule has 3 heterocycles. The Morgan fingerprint density at radius 3 is 2.18 bits per heavy atom. The van der Waals surface area contributed by atoms with E-state index in [1.54, 1.807) is 30.3 Å². The summed E-state index contributed by atoms with van der Waals surface area (Å²) in [6.45, 7) is 15.1. The number of carbonyl (C=O) groups excluding carboxylic acids is 6. The number of unbranched alkanes of at least 4 members (excludes halogenated alkanes) is 1. The minimum absolute atomic E-state index is 0.00197. The molecule has 1 aliphatic carbocycles. The van der Waals surface area contributed by atoms with Crippen LogP contribution in [-0.2, 0) is 35.3 Å². The third-order valence-corrected chi connectivity index (χ3v) is 15.5. The van der Waals surface area contributed by atoms with Gasteiger partial charge < -0.3 is 44.3 Å². The Bertz CT molecular complexity index is 2260. The number of imide groups is 1. The highest BCUT2D eigenvalue weighted by Crippen LogP contribution is 2.42. The van der Waals surface area contributed by atoms with Crippen molar-refractivity contribution in [3.63, 3.8) is 0 Å². The van der Waals surface area contributed by atoms with Crippen molar-refractivity contribution in [1.82, 2.24) is 15.1 Å². The number of methoxy groups -OCH3 is 1. The molecular formula is C57H84BN5O11. The molecule has 3 atom stereocenters. The van der Waals surface area contributed by atoms with Gasteiger partial charge in [-0.05, 0) is 82.1 Å². The summed E-state index contributed by atoms with van der Waals surface area (Å²) < 4.78 is 23.6.